The molecule has 1 aromatic carbocycles. The van der Waals surface area contributed by atoms with E-state index in [1.807, 2.05) is 6.07 Å². The number of pyridine rings is 1. The third-order valence-corrected chi connectivity index (χ3v) is 6.28. The average Bonchev–Trinajstić information content (AvgIpc) is 3.55. The molecule has 1 fully saturated rings. The second-order valence-electron chi connectivity index (χ2n) is 8.39. The fourth-order valence-electron chi connectivity index (χ4n) is 4.18. The first-order chi connectivity index (χ1) is 17.7. The van der Waals surface area contributed by atoms with Crippen LogP contribution >= 0.6 is 11.6 Å². The van der Waals surface area contributed by atoms with Crippen molar-refractivity contribution in [1.29, 1.82) is 5.26 Å². The highest BCUT2D eigenvalue weighted by Gasteiger charge is 2.24. The minimum Gasteiger partial charge on any atom is -0.456 e. The first kappa shape index (κ1) is 21.9. The topological polar surface area (TPSA) is 130 Å². The molecular weight excluding hydrogens is 480 g/mol. The van der Waals surface area contributed by atoms with Crippen LogP contribution in [0.4, 0.5) is 17.5 Å². The third-order valence-electron chi connectivity index (χ3n) is 5.99. The largest absolute Gasteiger partial charge is 0.456 e. The molecule has 1 unspecified atom stereocenters. The highest BCUT2D eigenvalue weighted by molar-refractivity contribution is 6.32. The second kappa shape index (κ2) is 9.24. The van der Waals surface area contributed by atoms with Gasteiger partial charge >= 0.3 is 0 Å². The normalized spacial score (nSPS) is 15.3. The Morgan fingerprint density at radius 2 is 2.08 bits per heavy atom. The van der Waals surface area contributed by atoms with Gasteiger partial charge in [-0.2, -0.15) is 10.4 Å². The third kappa shape index (κ3) is 4.30. The summed E-state index contributed by atoms with van der Waals surface area (Å²) in [5, 5.41) is 16.8. The van der Waals surface area contributed by atoms with Gasteiger partial charge in [0.25, 0.3) is 0 Å². The van der Waals surface area contributed by atoms with E-state index in [9.17, 15) is 0 Å². The van der Waals surface area contributed by atoms with Crippen molar-refractivity contribution in [2.24, 2.45) is 5.92 Å². The molecule has 1 aliphatic rings. The first-order valence-electron chi connectivity index (χ1n) is 11.3. The minimum atomic E-state index is 0.333. The van der Waals surface area contributed by atoms with Crippen LogP contribution in [0.1, 0.15) is 12.8 Å². The average molecular weight is 499 g/mol. The van der Waals surface area contributed by atoms with E-state index in [4.69, 9.17) is 26.6 Å². The lowest BCUT2D eigenvalue weighted by Crippen LogP contribution is -2.22. The molecule has 1 aliphatic heterocycles. The predicted molar refractivity (Wildman–Crippen MR) is 133 cm³/mol. The number of halogens is 1. The van der Waals surface area contributed by atoms with E-state index in [0.717, 1.165) is 25.2 Å². The number of rotatable bonds is 6. The minimum absolute atomic E-state index is 0.333. The lowest BCUT2D eigenvalue weighted by atomic mass is 10.1. The lowest BCUT2D eigenvalue weighted by Gasteiger charge is -2.16. The number of aromatic nitrogens is 7. The van der Waals surface area contributed by atoms with Gasteiger partial charge in [-0.05, 0) is 36.6 Å². The van der Waals surface area contributed by atoms with E-state index in [1.54, 1.807) is 41.2 Å². The molecule has 4 aromatic heterocycles. The van der Waals surface area contributed by atoms with Crippen molar-refractivity contribution in [2.75, 3.05) is 23.3 Å². The van der Waals surface area contributed by atoms with Gasteiger partial charge in [0.05, 0.1) is 17.3 Å². The number of fused-ring (bicyclic) bond motifs is 2. The van der Waals surface area contributed by atoms with E-state index >= 15 is 0 Å². The van der Waals surface area contributed by atoms with E-state index < -0.39 is 0 Å². The molecule has 12 heteroatoms. The number of nitrogens with one attached hydrogen (secondary N) is 1. The molecule has 5 aromatic rings. The van der Waals surface area contributed by atoms with Crippen molar-refractivity contribution >= 4 is 45.7 Å². The fourth-order valence-corrected chi connectivity index (χ4v) is 4.40. The van der Waals surface area contributed by atoms with Gasteiger partial charge in [0, 0.05) is 37.5 Å². The van der Waals surface area contributed by atoms with Crippen LogP contribution in [-0.2, 0) is 0 Å². The Labute approximate surface area is 210 Å². The van der Waals surface area contributed by atoms with Gasteiger partial charge in [-0.3, -0.25) is 0 Å². The molecule has 0 aliphatic carbocycles. The molecule has 0 radical (unpaired) electrons. The second-order valence-corrected chi connectivity index (χ2v) is 8.79. The number of benzene rings is 1. The number of anilines is 3. The number of nitrogens with zero attached hydrogens (tertiary/aromatic N) is 9. The van der Waals surface area contributed by atoms with Crippen molar-refractivity contribution in [2.45, 2.75) is 12.8 Å². The number of ether oxygens (including phenoxy) is 1. The van der Waals surface area contributed by atoms with Crippen LogP contribution in [0.15, 0.2) is 55.4 Å². The molecule has 0 bridgehead atoms. The Morgan fingerprint density at radius 3 is 2.97 bits per heavy atom. The van der Waals surface area contributed by atoms with Crippen molar-refractivity contribution in [3.63, 3.8) is 0 Å². The molecule has 0 amide bonds. The van der Waals surface area contributed by atoms with Crippen LogP contribution in [-0.4, -0.2) is 47.6 Å². The molecular formula is C24H19ClN10O. The van der Waals surface area contributed by atoms with E-state index in [1.165, 1.54) is 12.7 Å². The molecule has 178 valence electrons. The maximum Gasteiger partial charge on any atom is 0.226 e. The number of hydrogen-bond donors (Lipinski definition) is 1. The SMILES string of the molecule is N#CCC1CCN(c2ncc3ncnc(Nc4ccc(Oc5ccn6ncnc6c5)c(Cl)c4)c3n2)C1. The molecule has 6 rings (SSSR count). The van der Waals surface area contributed by atoms with E-state index in [0.29, 0.717) is 57.3 Å². The molecule has 1 saturated heterocycles. The zero-order valence-corrected chi connectivity index (χ0v) is 19.7. The Hall–Kier alpha value is -4.56. The maximum atomic E-state index is 8.99. The smallest absolute Gasteiger partial charge is 0.226 e. The molecule has 36 heavy (non-hydrogen) atoms. The van der Waals surface area contributed by atoms with Gasteiger partial charge in [0.2, 0.25) is 5.95 Å². The van der Waals surface area contributed by atoms with Gasteiger partial charge in [-0.25, -0.2) is 29.4 Å². The maximum absolute atomic E-state index is 8.99. The Bertz CT molecular complexity index is 1610. The van der Waals surface area contributed by atoms with Crippen LogP contribution in [0.5, 0.6) is 11.5 Å². The number of hydrogen-bond acceptors (Lipinski definition) is 10. The summed E-state index contributed by atoms with van der Waals surface area (Å²) in [6.07, 6.45) is 7.89. The van der Waals surface area contributed by atoms with Gasteiger partial charge in [-0.15, -0.1) is 0 Å². The zero-order valence-electron chi connectivity index (χ0n) is 18.9. The number of nitriles is 1. The molecule has 11 nitrogen and oxygen atoms in total. The molecule has 0 saturated carbocycles. The molecule has 5 heterocycles. The van der Waals surface area contributed by atoms with Gasteiger partial charge in [0.1, 0.15) is 35.2 Å². The van der Waals surface area contributed by atoms with Crippen molar-refractivity contribution in [3.05, 3.63) is 60.4 Å². The van der Waals surface area contributed by atoms with Gasteiger partial charge in [0.15, 0.2) is 11.5 Å². The highest BCUT2D eigenvalue weighted by Crippen LogP contribution is 2.33. The van der Waals surface area contributed by atoms with Crippen molar-refractivity contribution in [3.8, 4) is 17.6 Å². The van der Waals surface area contributed by atoms with Crippen LogP contribution in [0.25, 0.3) is 16.7 Å². The van der Waals surface area contributed by atoms with Crippen LogP contribution in [0, 0.1) is 17.2 Å². The molecule has 1 atom stereocenters. The van der Waals surface area contributed by atoms with E-state index in [-0.39, 0.29) is 0 Å². The van der Waals surface area contributed by atoms with Crippen molar-refractivity contribution < 1.29 is 4.74 Å². The summed E-state index contributed by atoms with van der Waals surface area (Å²) in [4.78, 5) is 24.2. The molecule has 0 spiro atoms. The Kier molecular flexibility index (Phi) is 5.63. The van der Waals surface area contributed by atoms with Crippen LogP contribution in [0.3, 0.4) is 0 Å². The summed E-state index contributed by atoms with van der Waals surface area (Å²) in [7, 11) is 0. The first-order valence-corrected chi connectivity index (χ1v) is 11.7. The fraction of sp³-hybridized carbons (Fsp3) is 0.208. The van der Waals surface area contributed by atoms with Gasteiger partial charge < -0.3 is 15.0 Å². The summed E-state index contributed by atoms with van der Waals surface area (Å²) in [6, 6.07) is 11.2. The predicted octanol–water partition coefficient (Wildman–Crippen LogP) is 4.39. The monoisotopic (exact) mass is 498 g/mol. The van der Waals surface area contributed by atoms with Gasteiger partial charge in [-0.1, -0.05) is 11.6 Å². The molecule has 1 N–H and O–H groups in total. The zero-order chi connectivity index (χ0) is 24.5. The van der Waals surface area contributed by atoms with Crippen molar-refractivity contribution in [1.82, 2.24) is 34.5 Å². The lowest BCUT2D eigenvalue weighted by molar-refractivity contribution is 0.482. The Balaban J connectivity index is 1.23. The Morgan fingerprint density at radius 1 is 1.14 bits per heavy atom. The summed E-state index contributed by atoms with van der Waals surface area (Å²) in [6.45, 7) is 1.58. The summed E-state index contributed by atoms with van der Waals surface area (Å²) in [5.41, 5.74) is 2.62. The van der Waals surface area contributed by atoms with Crippen LogP contribution in [0.2, 0.25) is 5.02 Å². The highest BCUT2D eigenvalue weighted by atomic mass is 35.5. The standard InChI is InChI=1S/C24H19ClN10O/c25-18-9-16(1-2-20(18)36-17-5-8-35-21(10-17)29-14-31-35)32-23-22-19(28-13-30-23)11-27-24(33-22)34-7-4-15(12-34)3-6-26/h1-2,5,8-11,13-15H,3-4,7,12H2,(H,28,30,32). The summed E-state index contributed by atoms with van der Waals surface area (Å²) < 4.78 is 7.60. The quantitative estimate of drug-likeness (QED) is 0.359. The summed E-state index contributed by atoms with van der Waals surface area (Å²) in [5.74, 6) is 2.58. The van der Waals surface area contributed by atoms with Crippen LogP contribution < -0.4 is 15.0 Å². The summed E-state index contributed by atoms with van der Waals surface area (Å²) >= 11 is 6.53. The van der Waals surface area contributed by atoms with E-state index in [2.05, 4.69) is 41.3 Å².